The maximum atomic E-state index is 10.4. The Morgan fingerprint density at radius 2 is 2.27 bits per heavy atom. The molecule has 0 saturated carbocycles. The fourth-order valence-corrected chi connectivity index (χ4v) is 2.46. The third kappa shape index (κ3) is 2.34. The van der Waals surface area contributed by atoms with Crippen LogP contribution in [0.1, 0.15) is 47.5 Å². The molecule has 0 radical (unpaired) electrons. The predicted octanol–water partition coefficient (Wildman–Crippen LogP) is 3.70. The number of aliphatic hydroxyl groups excluding tert-OH is 1. The molecule has 1 N–H and O–H groups in total. The SMILES string of the molecule is C/C=C(\C)C(O)C1(C)CCC(C)=CC1C. The molecule has 1 rings (SSSR count). The molecule has 1 aliphatic carbocycles. The van der Waals surface area contributed by atoms with Gasteiger partial charge in [-0.2, -0.15) is 0 Å². The lowest BCUT2D eigenvalue weighted by Gasteiger charge is -2.42. The van der Waals surface area contributed by atoms with E-state index in [1.54, 1.807) is 0 Å². The van der Waals surface area contributed by atoms with Crippen molar-refractivity contribution in [2.24, 2.45) is 11.3 Å². The van der Waals surface area contributed by atoms with E-state index >= 15 is 0 Å². The van der Waals surface area contributed by atoms with Crippen molar-refractivity contribution in [3.63, 3.8) is 0 Å². The molecule has 0 amide bonds. The summed E-state index contributed by atoms with van der Waals surface area (Å²) in [5.41, 5.74) is 2.57. The molecule has 0 aromatic carbocycles. The number of aliphatic hydroxyl groups is 1. The minimum Gasteiger partial charge on any atom is -0.388 e. The van der Waals surface area contributed by atoms with Crippen LogP contribution in [0.15, 0.2) is 23.3 Å². The van der Waals surface area contributed by atoms with Gasteiger partial charge in [-0.3, -0.25) is 0 Å². The van der Waals surface area contributed by atoms with E-state index in [0.717, 1.165) is 18.4 Å². The molecule has 0 spiro atoms. The van der Waals surface area contributed by atoms with Crippen LogP contribution in [0.5, 0.6) is 0 Å². The molecule has 3 atom stereocenters. The van der Waals surface area contributed by atoms with Crippen LogP contribution in [0.2, 0.25) is 0 Å². The number of hydrogen-bond acceptors (Lipinski definition) is 1. The largest absolute Gasteiger partial charge is 0.388 e. The third-order valence-electron chi connectivity index (χ3n) is 4.14. The molecule has 1 nitrogen and oxygen atoms in total. The molecule has 0 bridgehead atoms. The molecule has 0 saturated heterocycles. The fraction of sp³-hybridized carbons (Fsp3) is 0.714. The third-order valence-corrected chi connectivity index (χ3v) is 4.14. The van der Waals surface area contributed by atoms with Crippen LogP contribution in [0.25, 0.3) is 0 Å². The zero-order valence-corrected chi connectivity index (χ0v) is 10.7. The van der Waals surface area contributed by atoms with Crippen LogP contribution in [-0.2, 0) is 0 Å². The Labute approximate surface area is 93.9 Å². The van der Waals surface area contributed by atoms with Crippen molar-refractivity contribution in [1.82, 2.24) is 0 Å². The van der Waals surface area contributed by atoms with Crippen molar-refractivity contribution in [2.45, 2.75) is 53.6 Å². The zero-order chi connectivity index (χ0) is 11.6. The van der Waals surface area contributed by atoms with Crippen LogP contribution in [0.4, 0.5) is 0 Å². The molecule has 0 fully saturated rings. The summed E-state index contributed by atoms with van der Waals surface area (Å²) >= 11 is 0. The average Bonchev–Trinajstić information content (AvgIpc) is 2.22. The van der Waals surface area contributed by atoms with Gasteiger partial charge in [-0.15, -0.1) is 0 Å². The van der Waals surface area contributed by atoms with Crippen molar-refractivity contribution in [2.75, 3.05) is 0 Å². The molecule has 1 aliphatic rings. The summed E-state index contributed by atoms with van der Waals surface area (Å²) in [5.74, 6) is 0.455. The first-order chi connectivity index (χ1) is 6.91. The normalized spacial score (nSPS) is 34.9. The second-order valence-electron chi connectivity index (χ2n) is 5.24. The lowest BCUT2D eigenvalue weighted by Crippen LogP contribution is -2.40. The van der Waals surface area contributed by atoms with E-state index in [0.29, 0.717) is 5.92 Å². The maximum absolute atomic E-state index is 10.4. The highest BCUT2D eigenvalue weighted by molar-refractivity contribution is 5.17. The first-order valence-electron chi connectivity index (χ1n) is 5.90. The van der Waals surface area contributed by atoms with E-state index in [1.165, 1.54) is 5.57 Å². The van der Waals surface area contributed by atoms with Gasteiger partial charge in [0.25, 0.3) is 0 Å². The Kier molecular flexibility index (Phi) is 3.77. The highest BCUT2D eigenvalue weighted by Crippen LogP contribution is 2.44. The monoisotopic (exact) mass is 208 g/mol. The highest BCUT2D eigenvalue weighted by atomic mass is 16.3. The molecule has 0 heterocycles. The predicted molar refractivity (Wildman–Crippen MR) is 65.7 cm³/mol. The van der Waals surface area contributed by atoms with E-state index in [1.807, 2.05) is 19.9 Å². The summed E-state index contributed by atoms with van der Waals surface area (Å²) in [5, 5.41) is 10.4. The van der Waals surface area contributed by atoms with Crippen LogP contribution in [0.3, 0.4) is 0 Å². The minimum atomic E-state index is -0.304. The van der Waals surface area contributed by atoms with Gasteiger partial charge in [-0.25, -0.2) is 0 Å². The van der Waals surface area contributed by atoms with Crippen molar-refractivity contribution >= 4 is 0 Å². The summed E-state index contributed by atoms with van der Waals surface area (Å²) in [6.07, 6.45) is 6.24. The number of rotatable bonds is 2. The standard InChI is InChI=1S/C14H24O/c1-6-11(3)13(15)14(5)8-7-10(2)9-12(14)4/h6,9,12-13,15H,7-8H2,1-5H3/b11-6+. The zero-order valence-electron chi connectivity index (χ0n) is 10.7. The van der Waals surface area contributed by atoms with Crippen LogP contribution < -0.4 is 0 Å². The summed E-state index contributed by atoms with van der Waals surface area (Å²) in [6.45, 7) is 10.6. The smallest absolute Gasteiger partial charge is 0.0806 e. The van der Waals surface area contributed by atoms with E-state index in [2.05, 4.69) is 26.8 Å². The summed E-state index contributed by atoms with van der Waals surface area (Å²) < 4.78 is 0. The van der Waals surface area contributed by atoms with Gasteiger partial charge in [-0.1, -0.05) is 31.6 Å². The molecule has 86 valence electrons. The topological polar surface area (TPSA) is 20.2 Å². The quantitative estimate of drug-likeness (QED) is 0.686. The molecule has 0 aliphatic heterocycles. The van der Waals surface area contributed by atoms with Crippen molar-refractivity contribution < 1.29 is 5.11 Å². The number of hydrogen-bond donors (Lipinski definition) is 1. The van der Waals surface area contributed by atoms with E-state index in [-0.39, 0.29) is 11.5 Å². The minimum absolute atomic E-state index is 0.0100. The van der Waals surface area contributed by atoms with Crippen LogP contribution in [0, 0.1) is 11.3 Å². The van der Waals surface area contributed by atoms with Gasteiger partial charge in [0.05, 0.1) is 6.10 Å². The van der Waals surface area contributed by atoms with Gasteiger partial charge in [0.2, 0.25) is 0 Å². The van der Waals surface area contributed by atoms with Gasteiger partial charge >= 0.3 is 0 Å². The second-order valence-corrected chi connectivity index (χ2v) is 5.24. The van der Waals surface area contributed by atoms with Crippen LogP contribution >= 0.6 is 0 Å². The Morgan fingerprint density at radius 3 is 2.73 bits per heavy atom. The Bertz CT molecular complexity index is 288. The molecule has 0 aromatic rings. The Hall–Kier alpha value is -0.560. The summed E-state index contributed by atoms with van der Waals surface area (Å²) in [7, 11) is 0. The van der Waals surface area contributed by atoms with E-state index in [4.69, 9.17) is 0 Å². The fourth-order valence-electron chi connectivity index (χ4n) is 2.46. The van der Waals surface area contributed by atoms with Gasteiger partial charge in [0, 0.05) is 5.41 Å². The Balaban J connectivity index is 2.93. The Morgan fingerprint density at radius 1 is 1.67 bits per heavy atom. The lowest BCUT2D eigenvalue weighted by atomic mass is 9.65. The molecule has 3 unspecified atom stereocenters. The second kappa shape index (κ2) is 4.52. The van der Waals surface area contributed by atoms with Crippen molar-refractivity contribution in [3.05, 3.63) is 23.3 Å². The number of allylic oxidation sites excluding steroid dienone is 3. The van der Waals surface area contributed by atoms with Gasteiger partial charge in [-0.05, 0) is 45.1 Å². The molecule has 0 aromatic heterocycles. The van der Waals surface area contributed by atoms with E-state index < -0.39 is 0 Å². The van der Waals surface area contributed by atoms with Crippen molar-refractivity contribution in [1.29, 1.82) is 0 Å². The molecular weight excluding hydrogens is 184 g/mol. The first-order valence-corrected chi connectivity index (χ1v) is 5.90. The maximum Gasteiger partial charge on any atom is 0.0806 e. The molecule has 15 heavy (non-hydrogen) atoms. The van der Waals surface area contributed by atoms with Gasteiger partial charge in [0.1, 0.15) is 0 Å². The highest BCUT2D eigenvalue weighted by Gasteiger charge is 2.39. The average molecular weight is 208 g/mol. The van der Waals surface area contributed by atoms with Gasteiger partial charge < -0.3 is 5.11 Å². The molecule has 1 heteroatoms. The summed E-state index contributed by atoms with van der Waals surface area (Å²) in [6, 6.07) is 0. The lowest BCUT2D eigenvalue weighted by molar-refractivity contribution is 0.0263. The van der Waals surface area contributed by atoms with E-state index in [9.17, 15) is 5.11 Å². The first kappa shape index (κ1) is 12.5. The van der Waals surface area contributed by atoms with Crippen molar-refractivity contribution in [3.8, 4) is 0 Å². The van der Waals surface area contributed by atoms with Gasteiger partial charge in [0.15, 0.2) is 0 Å². The van der Waals surface area contributed by atoms with Crippen LogP contribution in [-0.4, -0.2) is 11.2 Å². The molecular formula is C14H24O. The summed E-state index contributed by atoms with van der Waals surface area (Å²) in [4.78, 5) is 0.